The second-order valence-electron chi connectivity index (χ2n) is 3.14. The monoisotopic (exact) mass is 285 g/mol. The molecule has 1 aromatic heterocycles. The lowest BCUT2D eigenvalue weighted by Gasteiger charge is -2.03. The van der Waals surface area contributed by atoms with Crippen molar-refractivity contribution in [2.24, 2.45) is 0 Å². The third-order valence-electron chi connectivity index (χ3n) is 2.25. The quantitative estimate of drug-likeness (QED) is 0.744. The van der Waals surface area contributed by atoms with E-state index >= 15 is 0 Å². The van der Waals surface area contributed by atoms with Crippen LogP contribution in [-0.4, -0.2) is 11.8 Å². The molecule has 0 fully saturated rings. The number of rotatable bonds is 0. The Morgan fingerprint density at radius 2 is 2.00 bits per heavy atom. The average Bonchev–Trinajstić information content (AvgIpc) is 2.68. The van der Waals surface area contributed by atoms with Crippen molar-refractivity contribution in [3.63, 3.8) is 0 Å². The summed E-state index contributed by atoms with van der Waals surface area (Å²) in [5.41, 5.74) is 0.829. The number of nitrogens with zero attached hydrogens (tertiary/aromatic N) is 1. The fourth-order valence-electron chi connectivity index (χ4n) is 1.53. The first-order chi connectivity index (χ1) is 7.25. The molecule has 0 atom stereocenters. The number of hydrogen-bond acceptors (Lipinski definition) is 3. The first kappa shape index (κ1) is 9.24. The van der Waals surface area contributed by atoms with Crippen LogP contribution >= 0.6 is 27.5 Å². The van der Waals surface area contributed by atoms with Crippen molar-refractivity contribution in [3.05, 3.63) is 27.8 Å². The van der Waals surface area contributed by atoms with E-state index in [2.05, 4.69) is 20.9 Å². The molecule has 0 aliphatic carbocycles. The Morgan fingerprint density at radius 3 is 2.80 bits per heavy atom. The number of ether oxygens (including phenoxy) is 2. The first-order valence-corrected chi connectivity index (χ1v) is 5.46. The standard InChI is InChI=1S/C10H5BrClNO2/c11-10-5-1-8-9(15-4-14-8)2-7(5)13-3-6(10)12/h1-3H,4H2. The molecule has 0 spiro atoms. The molecule has 0 unspecified atom stereocenters. The van der Waals surface area contributed by atoms with E-state index in [-0.39, 0.29) is 6.79 Å². The van der Waals surface area contributed by atoms with Crippen molar-refractivity contribution < 1.29 is 9.47 Å². The Bertz CT molecular complexity index is 559. The highest BCUT2D eigenvalue weighted by molar-refractivity contribution is 9.10. The lowest BCUT2D eigenvalue weighted by molar-refractivity contribution is 0.174. The van der Waals surface area contributed by atoms with Crippen molar-refractivity contribution in [1.29, 1.82) is 0 Å². The van der Waals surface area contributed by atoms with Gasteiger partial charge in [0.15, 0.2) is 11.5 Å². The van der Waals surface area contributed by atoms with Gasteiger partial charge in [0, 0.05) is 22.1 Å². The molecule has 2 heterocycles. The van der Waals surface area contributed by atoms with Gasteiger partial charge in [-0.3, -0.25) is 4.98 Å². The van der Waals surface area contributed by atoms with E-state index in [1.54, 1.807) is 6.20 Å². The summed E-state index contributed by atoms with van der Waals surface area (Å²) in [6.45, 7) is 0.261. The van der Waals surface area contributed by atoms with Crippen molar-refractivity contribution >= 4 is 38.4 Å². The van der Waals surface area contributed by atoms with Gasteiger partial charge in [0.2, 0.25) is 6.79 Å². The molecule has 0 N–H and O–H groups in total. The maximum atomic E-state index is 5.96. The van der Waals surface area contributed by atoms with Crippen LogP contribution in [0.4, 0.5) is 0 Å². The molecule has 15 heavy (non-hydrogen) atoms. The molecule has 3 nitrogen and oxygen atoms in total. The largest absolute Gasteiger partial charge is 0.454 e. The van der Waals surface area contributed by atoms with E-state index in [0.717, 1.165) is 26.9 Å². The zero-order valence-corrected chi connectivity index (χ0v) is 9.80. The summed E-state index contributed by atoms with van der Waals surface area (Å²) in [5, 5.41) is 1.51. The fraction of sp³-hybridized carbons (Fsp3) is 0.100. The molecule has 1 aliphatic rings. The second kappa shape index (κ2) is 3.25. The molecule has 0 bridgehead atoms. The first-order valence-electron chi connectivity index (χ1n) is 4.29. The molecule has 2 aromatic rings. The molecule has 5 heteroatoms. The third kappa shape index (κ3) is 1.36. The van der Waals surface area contributed by atoms with Crippen LogP contribution in [0.25, 0.3) is 10.9 Å². The number of fused-ring (bicyclic) bond motifs is 2. The van der Waals surface area contributed by atoms with E-state index < -0.39 is 0 Å². The minimum atomic E-state index is 0.261. The molecule has 1 aliphatic heterocycles. The summed E-state index contributed by atoms with van der Waals surface area (Å²) in [6, 6.07) is 3.72. The molecular weight excluding hydrogens is 281 g/mol. The molecular formula is C10H5BrClNO2. The van der Waals surface area contributed by atoms with Crippen LogP contribution in [0.15, 0.2) is 22.8 Å². The molecule has 0 saturated carbocycles. The summed E-state index contributed by atoms with van der Waals surface area (Å²) in [7, 11) is 0. The highest BCUT2D eigenvalue weighted by atomic mass is 79.9. The normalized spacial score (nSPS) is 13.5. The Labute approximate surface area is 99.1 Å². The maximum absolute atomic E-state index is 5.96. The lowest BCUT2D eigenvalue weighted by Crippen LogP contribution is -1.92. The maximum Gasteiger partial charge on any atom is 0.231 e. The van der Waals surface area contributed by atoms with Gasteiger partial charge in [-0.1, -0.05) is 11.6 Å². The average molecular weight is 287 g/mol. The summed E-state index contributed by atoms with van der Waals surface area (Å²) < 4.78 is 11.4. The number of benzene rings is 1. The van der Waals surface area contributed by atoms with E-state index in [1.807, 2.05) is 12.1 Å². The topological polar surface area (TPSA) is 31.4 Å². The van der Waals surface area contributed by atoms with Crippen molar-refractivity contribution in [1.82, 2.24) is 4.98 Å². The number of halogens is 2. The van der Waals surface area contributed by atoms with Gasteiger partial charge in [-0.05, 0) is 22.0 Å². The van der Waals surface area contributed by atoms with Gasteiger partial charge >= 0.3 is 0 Å². The summed E-state index contributed by atoms with van der Waals surface area (Å²) in [6.07, 6.45) is 1.61. The van der Waals surface area contributed by atoms with Crippen LogP contribution in [0.1, 0.15) is 0 Å². The Balaban J connectivity index is 2.38. The highest BCUT2D eigenvalue weighted by Gasteiger charge is 2.16. The second-order valence-corrected chi connectivity index (χ2v) is 4.34. The Morgan fingerprint density at radius 1 is 1.27 bits per heavy atom. The van der Waals surface area contributed by atoms with E-state index in [4.69, 9.17) is 21.1 Å². The van der Waals surface area contributed by atoms with Crippen LogP contribution < -0.4 is 9.47 Å². The predicted molar refractivity (Wildman–Crippen MR) is 60.6 cm³/mol. The predicted octanol–water partition coefficient (Wildman–Crippen LogP) is 3.38. The fourth-order valence-corrected chi connectivity index (χ4v) is 2.10. The van der Waals surface area contributed by atoms with Gasteiger partial charge in [0.1, 0.15) is 0 Å². The number of pyridine rings is 1. The van der Waals surface area contributed by atoms with Crippen LogP contribution in [-0.2, 0) is 0 Å². The zero-order chi connectivity index (χ0) is 10.4. The highest BCUT2D eigenvalue weighted by Crippen LogP contribution is 2.39. The summed E-state index contributed by atoms with van der Waals surface area (Å²) in [4.78, 5) is 4.22. The Kier molecular flexibility index (Phi) is 2.00. The van der Waals surface area contributed by atoms with Gasteiger partial charge < -0.3 is 9.47 Å². The molecule has 3 rings (SSSR count). The van der Waals surface area contributed by atoms with Gasteiger partial charge in [-0.15, -0.1) is 0 Å². The van der Waals surface area contributed by atoms with Crippen LogP contribution in [0.2, 0.25) is 5.02 Å². The lowest BCUT2D eigenvalue weighted by atomic mass is 10.2. The van der Waals surface area contributed by atoms with Crippen molar-refractivity contribution in [3.8, 4) is 11.5 Å². The molecule has 0 saturated heterocycles. The molecule has 1 aromatic carbocycles. The van der Waals surface area contributed by atoms with Crippen LogP contribution in [0.3, 0.4) is 0 Å². The smallest absolute Gasteiger partial charge is 0.231 e. The van der Waals surface area contributed by atoms with Crippen molar-refractivity contribution in [2.45, 2.75) is 0 Å². The van der Waals surface area contributed by atoms with Gasteiger partial charge in [-0.25, -0.2) is 0 Å². The molecule has 0 radical (unpaired) electrons. The minimum absolute atomic E-state index is 0.261. The number of aromatic nitrogens is 1. The third-order valence-corrected chi connectivity index (χ3v) is 3.62. The van der Waals surface area contributed by atoms with Gasteiger partial charge in [0.25, 0.3) is 0 Å². The SMILES string of the molecule is Clc1cnc2cc3c(cc2c1Br)OCO3. The summed E-state index contributed by atoms with van der Waals surface area (Å²) in [5.74, 6) is 1.46. The van der Waals surface area contributed by atoms with E-state index in [9.17, 15) is 0 Å². The number of hydrogen-bond donors (Lipinski definition) is 0. The zero-order valence-electron chi connectivity index (χ0n) is 7.46. The van der Waals surface area contributed by atoms with Crippen molar-refractivity contribution in [2.75, 3.05) is 6.79 Å². The molecule has 0 amide bonds. The minimum Gasteiger partial charge on any atom is -0.454 e. The van der Waals surface area contributed by atoms with Crippen LogP contribution in [0, 0.1) is 0 Å². The van der Waals surface area contributed by atoms with E-state index in [0.29, 0.717) is 5.02 Å². The van der Waals surface area contributed by atoms with E-state index in [1.165, 1.54) is 0 Å². The summed E-state index contributed by atoms with van der Waals surface area (Å²) >= 11 is 9.38. The molecule has 76 valence electrons. The van der Waals surface area contributed by atoms with Gasteiger partial charge in [0.05, 0.1) is 10.5 Å². The van der Waals surface area contributed by atoms with Gasteiger partial charge in [-0.2, -0.15) is 0 Å². The van der Waals surface area contributed by atoms with Crippen LogP contribution in [0.5, 0.6) is 11.5 Å². The Hall–Kier alpha value is -1.00.